The third-order valence-corrected chi connectivity index (χ3v) is 3.78. The maximum absolute atomic E-state index is 12.3. The molecule has 128 valence electrons. The quantitative estimate of drug-likeness (QED) is 0.627. The summed E-state index contributed by atoms with van der Waals surface area (Å²) in [4.78, 5) is 14.3. The minimum atomic E-state index is -0.406. The molecule has 0 bridgehead atoms. The van der Waals surface area contributed by atoms with Gasteiger partial charge in [-0.05, 0) is 36.8 Å². The van der Waals surface area contributed by atoms with Crippen molar-refractivity contribution in [2.24, 2.45) is 0 Å². The lowest BCUT2D eigenvalue weighted by molar-refractivity contribution is -0.117. The Labute approximate surface area is 148 Å². The van der Waals surface area contributed by atoms with Gasteiger partial charge in [-0.15, -0.1) is 0 Å². The lowest BCUT2D eigenvalue weighted by Crippen LogP contribution is -2.28. The van der Waals surface area contributed by atoms with Crippen LogP contribution in [0.1, 0.15) is 18.5 Å². The van der Waals surface area contributed by atoms with E-state index in [9.17, 15) is 10.1 Å². The maximum Gasteiger partial charge on any atom is 0.263 e. The fraction of sp³-hybridized carbons (Fsp3) is 0.200. The van der Waals surface area contributed by atoms with E-state index in [0.29, 0.717) is 0 Å². The van der Waals surface area contributed by atoms with Crippen molar-refractivity contribution in [1.29, 1.82) is 5.26 Å². The van der Waals surface area contributed by atoms with Crippen LogP contribution in [0.3, 0.4) is 0 Å². The molecule has 0 spiro atoms. The normalized spacial score (nSPS) is 12.0. The number of carbonyl (C=O) groups is 1. The van der Waals surface area contributed by atoms with Gasteiger partial charge in [0.2, 0.25) is 0 Å². The monoisotopic (exact) mass is 334 g/mol. The van der Waals surface area contributed by atoms with Gasteiger partial charge in [-0.25, -0.2) is 0 Å². The molecule has 2 aromatic rings. The van der Waals surface area contributed by atoms with E-state index in [-0.39, 0.29) is 11.6 Å². The average Bonchev–Trinajstić information content (AvgIpc) is 2.63. The van der Waals surface area contributed by atoms with Crippen LogP contribution in [0.5, 0.6) is 0 Å². The molecule has 1 atom stereocenters. The fourth-order valence-electron chi connectivity index (χ4n) is 2.26. The number of benzene rings is 2. The van der Waals surface area contributed by atoms with Crippen LogP contribution in [0.25, 0.3) is 0 Å². The maximum atomic E-state index is 12.3. The second-order valence-electron chi connectivity index (χ2n) is 5.86. The van der Waals surface area contributed by atoms with E-state index < -0.39 is 5.91 Å². The molecular weight excluding hydrogens is 312 g/mol. The first-order chi connectivity index (χ1) is 12.0. The number of hydrogen-bond donors (Lipinski definition) is 2. The number of carbonyl (C=O) groups excluding carboxylic acids is 1. The Balaban J connectivity index is 2.01. The number of hydrogen-bond acceptors (Lipinski definition) is 4. The van der Waals surface area contributed by atoms with Gasteiger partial charge in [-0.2, -0.15) is 5.26 Å². The summed E-state index contributed by atoms with van der Waals surface area (Å²) in [7, 11) is 3.93. The zero-order chi connectivity index (χ0) is 18.2. The van der Waals surface area contributed by atoms with Crippen LogP contribution < -0.4 is 15.5 Å². The van der Waals surface area contributed by atoms with Crippen molar-refractivity contribution in [3.05, 3.63) is 71.9 Å². The summed E-state index contributed by atoms with van der Waals surface area (Å²) in [5.74, 6) is -0.406. The molecule has 5 nitrogen and oxygen atoms in total. The molecule has 0 aliphatic heterocycles. The van der Waals surface area contributed by atoms with Gasteiger partial charge in [0.1, 0.15) is 11.6 Å². The van der Waals surface area contributed by atoms with Gasteiger partial charge in [-0.3, -0.25) is 4.79 Å². The molecule has 2 aromatic carbocycles. The van der Waals surface area contributed by atoms with E-state index in [1.54, 1.807) is 0 Å². The van der Waals surface area contributed by atoms with Gasteiger partial charge in [0.05, 0.1) is 6.04 Å². The summed E-state index contributed by atoms with van der Waals surface area (Å²) in [5.41, 5.74) is 2.89. The number of rotatable bonds is 6. The zero-order valence-corrected chi connectivity index (χ0v) is 14.7. The van der Waals surface area contributed by atoms with E-state index in [1.165, 1.54) is 6.20 Å². The van der Waals surface area contributed by atoms with Crippen molar-refractivity contribution >= 4 is 17.3 Å². The smallest absolute Gasteiger partial charge is 0.263 e. The number of nitriles is 1. The molecule has 1 amide bonds. The molecule has 2 rings (SSSR count). The van der Waals surface area contributed by atoms with Crippen LogP contribution in [0.15, 0.2) is 66.4 Å². The number of nitrogens with zero attached hydrogens (tertiary/aromatic N) is 2. The van der Waals surface area contributed by atoms with Gasteiger partial charge < -0.3 is 15.5 Å². The molecule has 0 saturated heterocycles. The molecule has 0 aliphatic carbocycles. The average molecular weight is 334 g/mol. The van der Waals surface area contributed by atoms with E-state index in [0.717, 1.165) is 16.9 Å². The van der Waals surface area contributed by atoms with E-state index in [1.807, 2.05) is 86.6 Å². The standard InChI is InChI=1S/C20H22N4O/c1-15(16-7-5-4-6-8-16)23-20(25)17(13-21)14-22-18-9-11-19(12-10-18)24(2)3/h4-12,14-15,22H,1-3H3,(H,23,25)/b17-14-. The summed E-state index contributed by atoms with van der Waals surface area (Å²) in [5, 5.41) is 15.1. The van der Waals surface area contributed by atoms with Gasteiger partial charge in [0.15, 0.2) is 0 Å². The number of nitrogens with one attached hydrogen (secondary N) is 2. The number of amides is 1. The van der Waals surface area contributed by atoms with Gasteiger partial charge in [0, 0.05) is 31.7 Å². The van der Waals surface area contributed by atoms with Gasteiger partial charge in [0.25, 0.3) is 5.91 Å². The Bertz CT molecular complexity index is 774. The highest BCUT2D eigenvalue weighted by Gasteiger charge is 2.13. The van der Waals surface area contributed by atoms with Crippen LogP contribution >= 0.6 is 0 Å². The summed E-state index contributed by atoms with van der Waals surface area (Å²) in [6.07, 6.45) is 1.43. The molecule has 0 aliphatic rings. The molecule has 0 saturated carbocycles. The minimum Gasteiger partial charge on any atom is -0.378 e. The zero-order valence-electron chi connectivity index (χ0n) is 14.7. The Morgan fingerprint density at radius 3 is 2.32 bits per heavy atom. The predicted molar refractivity (Wildman–Crippen MR) is 101 cm³/mol. The molecule has 0 radical (unpaired) electrons. The van der Waals surface area contributed by atoms with Crippen molar-refractivity contribution in [3.63, 3.8) is 0 Å². The molecule has 2 N–H and O–H groups in total. The largest absolute Gasteiger partial charge is 0.378 e. The third kappa shape index (κ3) is 5.11. The predicted octanol–water partition coefficient (Wildman–Crippen LogP) is 3.45. The van der Waals surface area contributed by atoms with Crippen molar-refractivity contribution in [3.8, 4) is 6.07 Å². The minimum absolute atomic E-state index is 0.0273. The summed E-state index contributed by atoms with van der Waals surface area (Å²) >= 11 is 0. The molecule has 0 heterocycles. The summed E-state index contributed by atoms with van der Waals surface area (Å²) in [6.45, 7) is 1.88. The van der Waals surface area contributed by atoms with Crippen LogP contribution in [0.4, 0.5) is 11.4 Å². The lowest BCUT2D eigenvalue weighted by Gasteiger charge is -2.14. The first kappa shape index (κ1) is 18.1. The Hall–Kier alpha value is -3.26. The molecule has 1 unspecified atom stereocenters. The highest BCUT2D eigenvalue weighted by atomic mass is 16.1. The SMILES string of the molecule is CC(NC(=O)/C(C#N)=C\Nc1ccc(N(C)C)cc1)c1ccccc1. The van der Waals surface area contributed by atoms with Crippen molar-refractivity contribution < 1.29 is 4.79 Å². The van der Waals surface area contributed by atoms with Crippen LogP contribution in [-0.4, -0.2) is 20.0 Å². The summed E-state index contributed by atoms with van der Waals surface area (Å²) in [6, 6.07) is 19.1. The highest BCUT2D eigenvalue weighted by molar-refractivity contribution is 5.97. The fourth-order valence-corrected chi connectivity index (χ4v) is 2.26. The second-order valence-corrected chi connectivity index (χ2v) is 5.86. The van der Waals surface area contributed by atoms with Crippen molar-refractivity contribution in [2.75, 3.05) is 24.3 Å². The first-order valence-electron chi connectivity index (χ1n) is 8.01. The van der Waals surface area contributed by atoms with E-state index in [2.05, 4.69) is 10.6 Å². The molecule has 5 heteroatoms. The Morgan fingerprint density at radius 1 is 1.12 bits per heavy atom. The van der Waals surface area contributed by atoms with Crippen molar-refractivity contribution in [2.45, 2.75) is 13.0 Å². The molecule has 25 heavy (non-hydrogen) atoms. The van der Waals surface area contributed by atoms with E-state index in [4.69, 9.17) is 0 Å². The topological polar surface area (TPSA) is 68.2 Å². The summed E-state index contributed by atoms with van der Waals surface area (Å²) < 4.78 is 0. The molecular formula is C20H22N4O. The van der Waals surface area contributed by atoms with Crippen LogP contribution in [-0.2, 0) is 4.79 Å². The second kappa shape index (κ2) is 8.55. The van der Waals surface area contributed by atoms with Gasteiger partial charge in [-0.1, -0.05) is 30.3 Å². The van der Waals surface area contributed by atoms with Crippen LogP contribution in [0.2, 0.25) is 0 Å². The number of anilines is 2. The van der Waals surface area contributed by atoms with Crippen LogP contribution in [0, 0.1) is 11.3 Å². The lowest BCUT2D eigenvalue weighted by atomic mass is 10.1. The third-order valence-electron chi connectivity index (χ3n) is 3.78. The molecule has 0 fully saturated rings. The Morgan fingerprint density at radius 2 is 1.76 bits per heavy atom. The Kier molecular flexibility index (Phi) is 6.19. The molecule has 0 aromatic heterocycles. The van der Waals surface area contributed by atoms with Gasteiger partial charge >= 0.3 is 0 Å². The van der Waals surface area contributed by atoms with E-state index >= 15 is 0 Å². The highest BCUT2D eigenvalue weighted by Crippen LogP contribution is 2.16. The first-order valence-corrected chi connectivity index (χ1v) is 8.01. The van der Waals surface area contributed by atoms with Crippen molar-refractivity contribution in [1.82, 2.24) is 5.32 Å².